The smallest absolute Gasteiger partial charge is 0.191 e. The van der Waals surface area contributed by atoms with E-state index in [4.69, 9.17) is 9.84 Å². The molecule has 2 aromatic rings. The third-order valence-electron chi connectivity index (χ3n) is 3.83. The lowest BCUT2D eigenvalue weighted by Gasteiger charge is -2.10. The summed E-state index contributed by atoms with van der Waals surface area (Å²) in [4.78, 5) is 0. The minimum Gasteiger partial charge on any atom is -0.483 e. The summed E-state index contributed by atoms with van der Waals surface area (Å²) in [7, 11) is 0. The van der Waals surface area contributed by atoms with E-state index in [0.29, 0.717) is 5.56 Å². The van der Waals surface area contributed by atoms with Crippen LogP contribution < -0.4 is 4.74 Å². The Hall–Kier alpha value is -1.94. The Bertz CT molecular complexity index is 605. The Morgan fingerprint density at radius 3 is 2.33 bits per heavy atom. The Balaban J connectivity index is 1.74. The van der Waals surface area contributed by atoms with Gasteiger partial charge in [0, 0.05) is 6.61 Å². The average Bonchev–Trinajstić information content (AvgIpc) is 3.27. The number of halogens is 2. The quantitative estimate of drug-likeness (QED) is 0.911. The van der Waals surface area contributed by atoms with Gasteiger partial charge in [0.15, 0.2) is 17.4 Å². The highest BCUT2D eigenvalue weighted by atomic mass is 19.1. The van der Waals surface area contributed by atoms with Crippen LogP contribution in [0.3, 0.4) is 0 Å². The second kappa shape index (κ2) is 5.82. The highest BCUT2D eigenvalue weighted by Crippen LogP contribution is 2.48. The Labute approximate surface area is 122 Å². The van der Waals surface area contributed by atoms with Gasteiger partial charge in [0.2, 0.25) is 0 Å². The third kappa shape index (κ3) is 3.05. The first-order valence-corrected chi connectivity index (χ1v) is 6.95. The van der Waals surface area contributed by atoms with Gasteiger partial charge in [-0.3, -0.25) is 0 Å². The number of rotatable bonds is 5. The first-order valence-electron chi connectivity index (χ1n) is 6.95. The van der Waals surface area contributed by atoms with Gasteiger partial charge in [-0.05, 0) is 41.5 Å². The van der Waals surface area contributed by atoms with E-state index in [0.717, 1.165) is 12.0 Å². The molecule has 2 aromatic carbocycles. The zero-order valence-electron chi connectivity index (χ0n) is 11.4. The normalized spacial score (nSPS) is 20.3. The second-order valence-corrected chi connectivity index (χ2v) is 5.37. The van der Waals surface area contributed by atoms with Gasteiger partial charge in [0.1, 0.15) is 6.61 Å². The molecule has 0 amide bonds. The third-order valence-corrected chi connectivity index (χ3v) is 3.83. The van der Waals surface area contributed by atoms with Gasteiger partial charge in [-0.15, -0.1) is 0 Å². The van der Waals surface area contributed by atoms with Gasteiger partial charge in [0.05, 0.1) is 0 Å². The fourth-order valence-corrected chi connectivity index (χ4v) is 2.52. The van der Waals surface area contributed by atoms with Gasteiger partial charge in [-0.25, -0.2) is 8.78 Å². The summed E-state index contributed by atoms with van der Waals surface area (Å²) in [6.45, 7) is 0.177. The summed E-state index contributed by atoms with van der Waals surface area (Å²) in [6.07, 6.45) is 0.777. The molecule has 0 aliphatic heterocycles. The van der Waals surface area contributed by atoms with E-state index >= 15 is 0 Å². The highest BCUT2D eigenvalue weighted by molar-refractivity contribution is 5.36. The van der Waals surface area contributed by atoms with Crippen molar-refractivity contribution in [1.29, 1.82) is 0 Å². The summed E-state index contributed by atoms with van der Waals surface area (Å²) < 4.78 is 33.3. The number of ether oxygens (including phenoxy) is 1. The van der Waals surface area contributed by atoms with Crippen LogP contribution >= 0.6 is 0 Å². The van der Waals surface area contributed by atoms with E-state index < -0.39 is 11.6 Å². The predicted octanol–water partition coefficient (Wildman–Crippen LogP) is 3.64. The monoisotopic (exact) mass is 290 g/mol. The van der Waals surface area contributed by atoms with Crippen LogP contribution in [0.1, 0.15) is 23.5 Å². The lowest BCUT2D eigenvalue weighted by Crippen LogP contribution is -2.01. The van der Waals surface area contributed by atoms with Crippen molar-refractivity contribution in [2.45, 2.75) is 18.9 Å². The van der Waals surface area contributed by atoms with E-state index in [2.05, 4.69) is 0 Å². The molecule has 0 heterocycles. The number of hydrogen-bond donors (Lipinski definition) is 1. The summed E-state index contributed by atoms with van der Waals surface area (Å²) in [5, 5.41) is 9.03. The largest absolute Gasteiger partial charge is 0.483 e. The molecular weight excluding hydrogens is 274 g/mol. The van der Waals surface area contributed by atoms with E-state index in [1.165, 1.54) is 12.1 Å². The molecule has 21 heavy (non-hydrogen) atoms. The maximum Gasteiger partial charge on any atom is 0.191 e. The van der Waals surface area contributed by atoms with Gasteiger partial charge in [0.25, 0.3) is 0 Å². The number of aliphatic hydroxyl groups excluding tert-OH is 1. The van der Waals surface area contributed by atoms with Crippen LogP contribution in [0, 0.1) is 17.6 Å². The average molecular weight is 290 g/mol. The molecular formula is C17H16F2O2. The lowest BCUT2D eigenvalue weighted by atomic mass is 10.1. The Morgan fingerprint density at radius 2 is 1.76 bits per heavy atom. The molecule has 2 unspecified atom stereocenters. The van der Waals surface area contributed by atoms with Crippen molar-refractivity contribution in [2.24, 2.45) is 5.92 Å². The van der Waals surface area contributed by atoms with Crippen molar-refractivity contribution in [3.8, 4) is 5.75 Å². The van der Waals surface area contributed by atoms with Crippen molar-refractivity contribution >= 4 is 0 Å². The molecule has 110 valence electrons. The van der Waals surface area contributed by atoms with Gasteiger partial charge >= 0.3 is 0 Å². The summed E-state index contributed by atoms with van der Waals surface area (Å²) in [6, 6.07) is 11.8. The maximum absolute atomic E-state index is 14.0. The molecule has 1 aliphatic rings. The number of hydrogen-bond acceptors (Lipinski definition) is 2. The number of benzene rings is 2. The molecule has 0 radical (unpaired) electrons. The minimum atomic E-state index is -0.690. The summed E-state index contributed by atoms with van der Waals surface area (Å²) in [5.74, 6) is -1.54. The molecule has 1 N–H and O–H groups in total. The maximum atomic E-state index is 14.0. The first kappa shape index (κ1) is 14.0. The first-order chi connectivity index (χ1) is 10.2. The van der Waals surface area contributed by atoms with Crippen molar-refractivity contribution in [3.05, 3.63) is 65.2 Å². The predicted molar refractivity (Wildman–Crippen MR) is 75.1 cm³/mol. The van der Waals surface area contributed by atoms with Gasteiger partial charge < -0.3 is 9.84 Å². The Kier molecular flexibility index (Phi) is 3.88. The van der Waals surface area contributed by atoms with Crippen molar-refractivity contribution < 1.29 is 18.6 Å². The Morgan fingerprint density at radius 1 is 1.10 bits per heavy atom. The molecule has 3 rings (SSSR count). The zero-order chi connectivity index (χ0) is 14.8. The fourth-order valence-electron chi connectivity index (χ4n) is 2.52. The molecule has 0 saturated heterocycles. The van der Waals surface area contributed by atoms with Crippen LogP contribution in [-0.4, -0.2) is 11.7 Å². The van der Waals surface area contributed by atoms with Crippen LogP contribution in [-0.2, 0) is 6.61 Å². The molecule has 2 nitrogen and oxygen atoms in total. The molecule has 1 aliphatic carbocycles. The molecule has 0 bridgehead atoms. The van der Waals surface area contributed by atoms with E-state index in [9.17, 15) is 8.78 Å². The molecule has 0 aromatic heterocycles. The molecule has 2 atom stereocenters. The lowest BCUT2D eigenvalue weighted by molar-refractivity contribution is 0.271. The standard InChI is InChI=1S/C17H16F2O2/c18-15-7-12(14-6-13(14)9-20)8-16(19)17(15)21-10-11-4-2-1-3-5-11/h1-5,7-8,13-14,20H,6,9-10H2. The highest BCUT2D eigenvalue weighted by Gasteiger charge is 2.38. The van der Waals surface area contributed by atoms with Crippen LogP contribution in [0.4, 0.5) is 8.78 Å². The van der Waals surface area contributed by atoms with Gasteiger partial charge in [-0.1, -0.05) is 30.3 Å². The van der Waals surface area contributed by atoms with Crippen LogP contribution in [0.2, 0.25) is 0 Å². The van der Waals surface area contributed by atoms with Crippen LogP contribution in [0.15, 0.2) is 42.5 Å². The van der Waals surface area contributed by atoms with Crippen molar-refractivity contribution in [3.63, 3.8) is 0 Å². The number of aliphatic hydroxyl groups is 1. The van der Waals surface area contributed by atoms with Crippen LogP contribution in [0.25, 0.3) is 0 Å². The molecule has 1 fully saturated rings. The summed E-state index contributed by atoms with van der Waals surface area (Å²) >= 11 is 0. The van der Waals surface area contributed by atoms with E-state index in [-0.39, 0.29) is 30.8 Å². The molecule has 4 heteroatoms. The summed E-state index contributed by atoms with van der Waals surface area (Å²) in [5.41, 5.74) is 1.44. The molecule has 0 spiro atoms. The van der Waals surface area contributed by atoms with E-state index in [1.807, 2.05) is 30.3 Å². The van der Waals surface area contributed by atoms with E-state index in [1.54, 1.807) is 0 Å². The minimum absolute atomic E-state index is 0.0557. The second-order valence-electron chi connectivity index (χ2n) is 5.37. The van der Waals surface area contributed by atoms with Crippen LogP contribution in [0.5, 0.6) is 5.75 Å². The van der Waals surface area contributed by atoms with Gasteiger partial charge in [-0.2, -0.15) is 0 Å². The van der Waals surface area contributed by atoms with Crippen molar-refractivity contribution in [2.75, 3.05) is 6.61 Å². The SMILES string of the molecule is OCC1CC1c1cc(F)c(OCc2ccccc2)c(F)c1. The van der Waals surface area contributed by atoms with Crippen molar-refractivity contribution in [1.82, 2.24) is 0 Å². The fraction of sp³-hybridized carbons (Fsp3) is 0.294. The topological polar surface area (TPSA) is 29.5 Å². The zero-order valence-corrected chi connectivity index (χ0v) is 11.4. The molecule has 1 saturated carbocycles.